The van der Waals surface area contributed by atoms with Gasteiger partial charge in [-0.25, -0.2) is 29.5 Å². The van der Waals surface area contributed by atoms with E-state index >= 15 is 0 Å². The van der Waals surface area contributed by atoms with Crippen LogP contribution in [0.15, 0.2) is 65.9 Å². The second-order valence-electron chi connectivity index (χ2n) is 16.6. The van der Waals surface area contributed by atoms with Crippen molar-refractivity contribution in [1.82, 2.24) is 40.4 Å². The van der Waals surface area contributed by atoms with Crippen LogP contribution in [-0.2, 0) is 25.5 Å². The molecule has 2 fully saturated rings. The summed E-state index contributed by atoms with van der Waals surface area (Å²) in [7, 11) is 2.58. The van der Waals surface area contributed by atoms with Gasteiger partial charge in [-0.1, -0.05) is 52.0 Å². The second kappa shape index (κ2) is 16.7. The average molecular weight is 814 g/mol. The van der Waals surface area contributed by atoms with Gasteiger partial charge in [0.15, 0.2) is 11.5 Å². The molecule has 3 aromatic heterocycles. The van der Waals surface area contributed by atoms with Crippen LogP contribution in [0.1, 0.15) is 70.8 Å². The van der Waals surface area contributed by atoms with Crippen LogP contribution in [0.3, 0.4) is 0 Å². The summed E-state index contributed by atoms with van der Waals surface area (Å²) in [5, 5.41) is 7.58. The van der Waals surface area contributed by atoms with Gasteiger partial charge in [-0.05, 0) is 83.7 Å². The van der Waals surface area contributed by atoms with Crippen molar-refractivity contribution >= 4 is 57.5 Å². The Morgan fingerprint density at radius 1 is 0.717 bits per heavy atom. The van der Waals surface area contributed by atoms with Crippen LogP contribution in [0.5, 0.6) is 0 Å². The summed E-state index contributed by atoms with van der Waals surface area (Å²) in [6.45, 7) is 8.80. The number of amides is 4. The summed E-state index contributed by atoms with van der Waals surface area (Å²) in [6.07, 6.45) is 6.30. The molecule has 0 spiro atoms. The van der Waals surface area contributed by atoms with Crippen LogP contribution in [0, 0.1) is 11.8 Å². The number of carbonyl (C=O) groups is 4. The predicted molar refractivity (Wildman–Crippen MR) is 228 cm³/mol. The number of benzene rings is 2. The number of rotatable bonds is 10. The lowest BCUT2D eigenvalue weighted by molar-refractivity contribution is -0.135. The van der Waals surface area contributed by atoms with E-state index in [-0.39, 0.29) is 35.7 Å². The highest BCUT2D eigenvalue weighted by Gasteiger charge is 2.40. The van der Waals surface area contributed by atoms with Gasteiger partial charge in [0, 0.05) is 54.3 Å². The van der Waals surface area contributed by atoms with E-state index in [1.807, 2.05) is 51.1 Å². The van der Waals surface area contributed by atoms with Gasteiger partial charge >= 0.3 is 12.2 Å². The number of nitrogens with zero attached hydrogens (tertiary/aromatic N) is 6. The fourth-order valence-corrected chi connectivity index (χ4v) is 8.74. The number of carbonyl (C=O) groups excluding carboxylic acids is 4. The fourth-order valence-electron chi connectivity index (χ4n) is 8.74. The molecule has 8 rings (SSSR count). The minimum absolute atomic E-state index is 0.103. The Morgan fingerprint density at radius 2 is 1.27 bits per heavy atom. The number of hydrogen-bond donors (Lipinski definition) is 3. The van der Waals surface area contributed by atoms with E-state index < -0.39 is 24.3 Å². The standard InChI is InChI=1S/C45H51N9O6/c1-24(2)37(50-44(57)59-5)42(55)53-15-7-9-35(53)33-20-30-19-31(22-46-39(30)48-33)28-13-11-27-18-29(14-12-26(27)17-28)32-21-34-40(47-23-32)52-41(49-34)36-10-8-16-54(36)43(56)38(25(3)4)51-45(58)60-6/h11-14,17-19,21-25,35-38H,7-10,15-16,20H2,1-6H3,(H,50,57)(H,51,58)(H,47,49,52)/t35-,36-,37-,38-/m0/s1. The van der Waals surface area contributed by atoms with Gasteiger partial charge in [-0.15, -0.1) is 0 Å². The summed E-state index contributed by atoms with van der Waals surface area (Å²) < 4.78 is 9.56. The maximum atomic E-state index is 13.7. The number of aliphatic imine (C=N–C) groups is 1. The number of ether oxygens (including phenoxy) is 2. The molecule has 3 N–H and O–H groups in total. The number of likely N-dealkylation sites (tertiary alicyclic amines) is 2. The first-order valence-electron chi connectivity index (χ1n) is 20.7. The lowest BCUT2D eigenvalue weighted by Gasteiger charge is -2.30. The zero-order chi connectivity index (χ0) is 42.2. The molecule has 0 aliphatic carbocycles. The van der Waals surface area contributed by atoms with Gasteiger partial charge in [-0.2, -0.15) is 0 Å². The SMILES string of the molecule is COC(=O)N[C@H](C(=O)N1CCC[C@H]1C1=Nc2ncc(-c3ccc4cc(-c5cnc6nc([C@@H]7CCCN7C(=O)[C@@H](NC(=O)OC)C(C)C)[nH]c6c5)ccc4c3)cc2C1)C(C)C. The van der Waals surface area contributed by atoms with E-state index in [2.05, 4.69) is 58.1 Å². The average Bonchev–Trinajstić information content (AvgIpc) is 4.08. The number of fused-ring (bicyclic) bond motifs is 3. The smallest absolute Gasteiger partial charge is 0.407 e. The number of aromatic nitrogens is 4. The number of alkyl carbamates (subject to hydrolysis) is 2. The Morgan fingerprint density at radius 3 is 1.85 bits per heavy atom. The lowest BCUT2D eigenvalue weighted by atomic mass is 9.97. The molecule has 2 aromatic carbocycles. The summed E-state index contributed by atoms with van der Waals surface area (Å²) in [5.74, 6) is 0.860. The van der Waals surface area contributed by atoms with Gasteiger partial charge in [-0.3, -0.25) is 9.59 Å². The second-order valence-corrected chi connectivity index (χ2v) is 16.6. The van der Waals surface area contributed by atoms with E-state index in [0.29, 0.717) is 36.8 Å². The highest BCUT2D eigenvalue weighted by atomic mass is 16.5. The molecule has 0 bridgehead atoms. The molecule has 5 aromatic rings. The molecular weight excluding hydrogens is 763 g/mol. The number of aromatic amines is 1. The topological polar surface area (TPSA) is 184 Å². The maximum Gasteiger partial charge on any atom is 0.407 e. The molecule has 3 aliphatic rings. The van der Waals surface area contributed by atoms with Crippen LogP contribution >= 0.6 is 0 Å². The Labute approximate surface area is 348 Å². The van der Waals surface area contributed by atoms with Crippen LogP contribution in [-0.4, -0.2) is 105 Å². The molecular formula is C45H51N9O6. The van der Waals surface area contributed by atoms with E-state index in [4.69, 9.17) is 29.4 Å². The van der Waals surface area contributed by atoms with Crippen molar-refractivity contribution in [2.24, 2.45) is 16.8 Å². The number of imidazole rings is 1. The monoisotopic (exact) mass is 813 g/mol. The molecule has 2 saturated heterocycles. The van der Waals surface area contributed by atoms with Crippen molar-refractivity contribution in [1.29, 1.82) is 0 Å². The molecule has 15 heteroatoms. The van der Waals surface area contributed by atoms with Crippen LogP contribution in [0.4, 0.5) is 15.4 Å². The largest absolute Gasteiger partial charge is 0.453 e. The third-order valence-corrected chi connectivity index (χ3v) is 12.0. The third kappa shape index (κ3) is 7.87. The normalized spacial score (nSPS) is 18.5. The molecule has 15 nitrogen and oxygen atoms in total. The molecule has 6 heterocycles. The van der Waals surface area contributed by atoms with Gasteiger partial charge in [0.2, 0.25) is 11.8 Å². The van der Waals surface area contributed by atoms with Gasteiger partial charge < -0.3 is 34.9 Å². The van der Waals surface area contributed by atoms with Crippen LogP contribution < -0.4 is 10.6 Å². The number of methoxy groups -OCH3 is 2. The van der Waals surface area contributed by atoms with E-state index in [0.717, 1.165) is 75.5 Å². The summed E-state index contributed by atoms with van der Waals surface area (Å²) in [6, 6.07) is 15.1. The van der Waals surface area contributed by atoms with Crippen molar-refractivity contribution in [3.05, 3.63) is 72.3 Å². The predicted octanol–water partition coefficient (Wildman–Crippen LogP) is 6.88. The van der Waals surface area contributed by atoms with E-state index in [1.165, 1.54) is 14.2 Å². The van der Waals surface area contributed by atoms with Crippen molar-refractivity contribution in [3.8, 4) is 22.3 Å². The minimum Gasteiger partial charge on any atom is -0.453 e. The lowest BCUT2D eigenvalue weighted by Crippen LogP contribution is -2.53. The Bertz CT molecular complexity index is 2510. The van der Waals surface area contributed by atoms with Gasteiger partial charge in [0.1, 0.15) is 17.9 Å². The third-order valence-electron chi connectivity index (χ3n) is 12.0. The molecule has 0 unspecified atom stereocenters. The van der Waals surface area contributed by atoms with E-state index in [9.17, 15) is 19.2 Å². The summed E-state index contributed by atoms with van der Waals surface area (Å²) in [5.41, 5.74) is 7.28. The number of pyridine rings is 2. The number of hydrogen-bond acceptors (Lipinski definition) is 10. The van der Waals surface area contributed by atoms with Crippen molar-refractivity contribution in [2.75, 3.05) is 27.3 Å². The summed E-state index contributed by atoms with van der Waals surface area (Å²) >= 11 is 0. The quantitative estimate of drug-likeness (QED) is 0.135. The van der Waals surface area contributed by atoms with Crippen molar-refractivity contribution in [2.45, 2.75) is 84.0 Å². The molecule has 4 atom stereocenters. The van der Waals surface area contributed by atoms with Gasteiger partial charge in [0.05, 0.1) is 31.8 Å². The molecule has 60 heavy (non-hydrogen) atoms. The molecule has 4 amide bonds. The Kier molecular flexibility index (Phi) is 11.2. The van der Waals surface area contributed by atoms with Gasteiger partial charge in [0.25, 0.3) is 0 Å². The molecule has 0 saturated carbocycles. The van der Waals surface area contributed by atoms with Crippen molar-refractivity contribution in [3.63, 3.8) is 0 Å². The van der Waals surface area contributed by atoms with E-state index in [1.54, 1.807) is 4.90 Å². The fraction of sp³-hybridized carbons (Fsp3) is 0.422. The molecule has 312 valence electrons. The van der Waals surface area contributed by atoms with Crippen LogP contribution in [0.2, 0.25) is 0 Å². The molecule has 0 radical (unpaired) electrons. The first kappa shape index (κ1) is 40.4. The number of nitrogens with one attached hydrogen (secondary N) is 3. The minimum atomic E-state index is -0.708. The first-order valence-corrected chi connectivity index (χ1v) is 20.7. The zero-order valence-corrected chi connectivity index (χ0v) is 34.8. The highest BCUT2D eigenvalue weighted by Crippen LogP contribution is 2.36. The Balaban J connectivity index is 0.965. The van der Waals surface area contributed by atoms with Crippen LogP contribution in [0.25, 0.3) is 44.2 Å². The number of H-pyrrole nitrogens is 1. The van der Waals surface area contributed by atoms with Crippen molar-refractivity contribution < 1.29 is 28.7 Å². The highest BCUT2D eigenvalue weighted by molar-refractivity contribution is 6.01. The maximum absolute atomic E-state index is 13.7. The Hall–Kier alpha value is -6.38. The summed E-state index contributed by atoms with van der Waals surface area (Å²) in [4.78, 5) is 77.6. The molecule has 3 aliphatic heterocycles. The zero-order valence-electron chi connectivity index (χ0n) is 34.8. The first-order chi connectivity index (χ1) is 28.9.